The number of rotatable bonds is 2. The molecule has 2 rings (SSSR count). The first-order chi connectivity index (χ1) is 8.90. The largest absolute Gasteiger partial charge is 0.391 e. The van der Waals surface area contributed by atoms with Crippen LogP contribution in [0.2, 0.25) is 0 Å². The van der Waals surface area contributed by atoms with Gasteiger partial charge in [-0.25, -0.2) is 0 Å². The second-order valence-electron chi connectivity index (χ2n) is 5.37. The zero-order chi connectivity index (χ0) is 14.2. The van der Waals surface area contributed by atoms with Gasteiger partial charge in [0.2, 0.25) is 0 Å². The van der Waals surface area contributed by atoms with Gasteiger partial charge in [-0.05, 0) is 25.3 Å². The third-order valence-electron chi connectivity index (χ3n) is 3.84. The molecule has 1 aromatic rings. The monoisotopic (exact) mass is 264 g/mol. The number of Topliss-reactive ketones (excluding diaryl/α,β-unsaturated/α-hetero) is 1. The molecule has 1 saturated heterocycles. The van der Waals surface area contributed by atoms with E-state index in [-0.39, 0.29) is 17.6 Å². The van der Waals surface area contributed by atoms with Crippen molar-refractivity contribution in [2.75, 3.05) is 13.1 Å². The van der Waals surface area contributed by atoms with Crippen molar-refractivity contribution in [1.82, 2.24) is 9.47 Å². The Morgan fingerprint density at radius 3 is 2.63 bits per heavy atom. The number of aliphatic hydroxyl groups is 1. The van der Waals surface area contributed by atoms with Gasteiger partial charge in [-0.3, -0.25) is 9.59 Å². The molecule has 0 saturated carbocycles. The fourth-order valence-electron chi connectivity index (χ4n) is 2.37. The number of piperidine rings is 1. The molecule has 1 aromatic heterocycles. The van der Waals surface area contributed by atoms with E-state index >= 15 is 0 Å². The zero-order valence-electron chi connectivity index (χ0n) is 11.6. The highest BCUT2D eigenvalue weighted by Gasteiger charge is 2.29. The molecule has 0 bridgehead atoms. The van der Waals surface area contributed by atoms with E-state index in [0.29, 0.717) is 24.3 Å². The molecule has 1 amide bonds. The van der Waals surface area contributed by atoms with Crippen LogP contribution in [0.4, 0.5) is 0 Å². The topological polar surface area (TPSA) is 62.5 Å². The minimum absolute atomic E-state index is 0.0537. The molecule has 2 unspecified atom stereocenters. The molecule has 5 nitrogen and oxygen atoms in total. The molecule has 104 valence electrons. The summed E-state index contributed by atoms with van der Waals surface area (Å²) >= 11 is 0. The van der Waals surface area contributed by atoms with Gasteiger partial charge >= 0.3 is 0 Å². The molecule has 1 N–H and O–H groups in total. The number of carbonyl (C=O) groups is 2. The van der Waals surface area contributed by atoms with Crippen LogP contribution in [0.15, 0.2) is 12.3 Å². The van der Waals surface area contributed by atoms with Crippen molar-refractivity contribution in [3.63, 3.8) is 0 Å². The van der Waals surface area contributed by atoms with Crippen molar-refractivity contribution in [3.8, 4) is 0 Å². The molecular formula is C14H20N2O3. The highest BCUT2D eigenvalue weighted by atomic mass is 16.3. The first-order valence-corrected chi connectivity index (χ1v) is 6.54. The summed E-state index contributed by atoms with van der Waals surface area (Å²) in [6.45, 7) is 4.48. The quantitative estimate of drug-likeness (QED) is 0.813. The summed E-state index contributed by atoms with van der Waals surface area (Å²) in [6.07, 6.45) is 2.00. The molecule has 1 fully saturated rings. The van der Waals surface area contributed by atoms with Crippen LogP contribution < -0.4 is 0 Å². The number of likely N-dealkylation sites (tertiary alicyclic amines) is 1. The lowest BCUT2D eigenvalue weighted by molar-refractivity contribution is 0.0243. The van der Waals surface area contributed by atoms with Crippen molar-refractivity contribution in [2.24, 2.45) is 13.0 Å². The Bertz CT molecular complexity index is 507. The Morgan fingerprint density at radius 1 is 1.42 bits per heavy atom. The van der Waals surface area contributed by atoms with Gasteiger partial charge in [0.15, 0.2) is 5.78 Å². The molecule has 2 atom stereocenters. The first-order valence-electron chi connectivity index (χ1n) is 6.54. The molecule has 0 radical (unpaired) electrons. The van der Waals surface area contributed by atoms with Crippen molar-refractivity contribution in [2.45, 2.75) is 26.4 Å². The summed E-state index contributed by atoms with van der Waals surface area (Å²) in [6, 6.07) is 1.62. The fourth-order valence-corrected chi connectivity index (χ4v) is 2.37. The Morgan fingerprint density at radius 2 is 2.11 bits per heavy atom. The first kappa shape index (κ1) is 13.8. The minimum Gasteiger partial charge on any atom is -0.391 e. The van der Waals surface area contributed by atoms with E-state index in [1.807, 2.05) is 6.92 Å². The standard InChI is InChI=1S/C14H20N2O3/c1-9-4-5-16(8-13(9)18)14(19)12-6-11(10(2)17)7-15(12)3/h6-7,9,13,18H,4-5,8H2,1-3H3. The summed E-state index contributed by atoms with van der Waals surface area (Å²) in [7, 11) is 1.75. The van der Waals surface area contributed by atoms with Crippen LogP contribution in [0.25, 0.3) is 0 Å². The van der Waals surface area contributed by atoms with Crippen LogP contribution in [-0.4, -0.2) is 45.5 Å². The van der Waals surface area contributed by atoms with E-state index in [9.17, 15) is 14.7 Å². The predicted octanol–water partition coefficient (Wildman–Crippen LogP) is 1.07. The number of nitrogens with zero attached hydrogens (tertiary/aromatic N) is 2. The fraction of sp³-hybridized carbons (Fsp3) is 0.571. The third kappa shape index (κ3) is 2.71. The average Bonchev–Trinajstić information content (AvgIpc) is 2.74. The number of hydrogen-bond acceptors (Lipinski definition) is 3. The summed E-state index contributed by atoms with van der Waals surface area (Å²) in [5.74, 6) is 0.0492. The number of carbonyl (C=O) groups excluding carboxylic acids is 2. The lowest BCUT2D eigenvalue weighted by Crippen LogP contribution is -2.46. The minimum atomic E-state index is -0.467. The van der Waals surface area contributed by atoms with Gasteiger partial charge in [0.1, 0.15) is 5.69 Å². The van der Waals surface area contributed by atoms with E-state index in [1.54, 1.807) is 28.8 Å². The highest BCUT2D eigenvalue weighted by Crippen LogP contribution is 2.19. The summed E-state index contributed by atoms with van der Waals surface area (Å²) in [5, 5.41) is 9.85. The summed E-state index contributed by atoms with van der Waals surface area (Å²) < 4.78 is 1.67. The van der Waals surface area contributed by atoms with Gasteiger partial charge in [-0.1, -0.05) is 6.92 Å². The molecular weight excluding hydrogens is 244 g/mol. The van der Waals surface area contributed by atoms with Crippen molar-refractivity contribution in [1.29, 1.82) is 0 Å². The Kier molecular flexibility index (Phi) is 3.75. The summed E-state index contributed by atoms with van der Waals surface area (Å²) in [4.78, 5) is 25.4. The number of amides is 1. The van der Waals surface area contributed by atoms with E-state index in [0.717, 1.165) is 6.42 Å². The van der Waals surface area contributed by atoms with Gasteiger partial charge in [-0.2, -0.15) is 0 Å². The normalized spacial score (nSPS) is 23.5. The maximum absolute atomic E-state index is 12.4. The molecule has 19 heavy (non-hydrogen) atoms. The van der Waals surface area contributed by atoms with Gasteiger partial charge in [-0.15, -0.1) is 0 Å². The molecule has 5 heteroatoms. The van der Waals surface area contributed by atoms with Crippen molar-refractivity contribution in [3.05, 3.63) is 23.5 Å². The Labute approximate surface area is 112 Å². The van der Waals surface area contributed by atoms with E-state index in [2.05, 4.69) is 0 Å². The van der Waals surface area contributed by atoms with E-state index in [4.69, 9.17) is 0 Å². The smallest absolute Gasteiger partial charge is 0.270 e. The number of hydrogen-bond donors (Lipinski definition) is 1. The van der Waals surface area contributed by atoms with E-state index in [1.165, 1.54) is 6.92 Å². The van der Waals surface area contributed by atoms with Crippen molar-refractivity contribution >= 4 is 11.7 Å². The van der Waals surface area contributed by atoms with Crippen LogP contribution in [0.5, 0.6) is 0 Å². The summed E-state index contributed by atoms with van der Waals surface area (Å²) in [5.41, 5.74) is 1.03. The lowest BCUT2D eigenvalue weighted by Gasteiger charge is -2.34. The number of β-amino-alcohol motifs (C(OH)–C–C–N with tert-alkyl or cyclic N) is 1. The molecule has 0 spiro atoms. The second kappa shape index (κ2) is 5.17. The Hall–Kier alpha value is -1.62. The van der Waals surface area contributed by atoms with Crippen LogP contribution in [0, 0.1) is 5.92 Å². The van der Waals surface area contributed by atoms with Gasteiger partial charge in [0.25, 0.3) is 5.91 Å². The van der Waals surface area contributed by atoms with Gasteiger partial charge in [0.05, 0.1) is 6.10 Å². The molecule has 0 aromatic carbocycles. The maximum Gasteiger partial charge on any atom is 0.270 e. The Balaban J connectivity index is 2.18. The molecule has 1 aliphatic rings. The highest BCUT2D eigenvalue weighted by molar-refractivity contribution is 5.99. The number of aryl methyl sites for hydroxylation is 1. The molecule has 1 aliphatic heterocycles. The number of ketones is 1. The van der Waals surface area contributed by atoms with Crippen LogP contribution in [0.3, 0.4) is 0 Å². The number of aromatic nitrogens is 1. The second-order valence-corrected chi connectivity index (χ2v) is 5.37. The predicted molar refractivity (Wildman–Crippen MR) is 71.1 cm³/mol. The zero-order valence-corrected chi connectivity index (χ0v) is 11.6. The van der Waals surface area contributed by atoms with Crippen LogP contribution in [0.1, 0.15) is 41.1 Å². The average molecular weight is 264 g/mol. The lowest BCUT2D eigenvalue weighted by atomic mass is 9.96. The molecule has 2 heterocycles. The maximum atomic E-state index is 12.4. The SMILES string of the molecule is CC(=O)c1cc(C(=O)N2CCC(C)C(O)C2)n(C)c1. The van der Waals surface area contributed by atoms with Crippen LogP contribution >= 0.6 is 0 Å². The van der Waals surface area contributed by atoms with Gasteiger partial charge < -0.3 is 14.6 Å². The van der Waals surface area contributed by atoms with Gasteiger partial charge in [0, 0.05) is 31.9 Å². The molecule has 0 aliphatic carbocycles. The number of aliphatic hydroxyl groups excluding tert-OH is 1. The van der Waals surface area contributed by atoms with Crippen molar-refractivity contribution < 1.29 is 14.7 Å². The van der Waals surface area contributed by atoms with Crippen LogP contribution in [-0.2, 0) is 7.05 Å². The third-order valence-corrected chi connectivity index (χ3v) is 3.84. The van der Waals surface area contributed by atoms with E-state index < -0.39 is 6.10 Å².